The maximum absolute atomic E-state index is 9.71. The standard InChI is InChI=1S/C10H13NO2S2/c11-10(15)7-3-1-2-6(4-7)9(13)8(12)5-14/h1-4,8-9,12-14H,5H2,(H2,11,15). The molecule has 2 atom stereocenters. The molecule has 0 saturated carbocycles. The monoisotopic (exact) mass is 243 g/mol. The van der Waals surface area contributed by atoms with Crippen molar-refractivity contribution in [3.8, 4) is 0 Å². The van der Waals surface area contributed by atoms with Crippen LogP contribution in [0.4, 0.5) is 0 Å². The van der Waals surface area contributed by atoms with Gasteiger partial charge in [0.15, 0.2) is 0 Å². The van der Waals surface area contributed by atoms with Gasteiger partial charge in [0.25, 0.3) is 0 Å². The van der Waals surface area contributed by atoms with Crippen molar-refractivity contribution in [2.24, 2.45) is 5.73 Å². The van der Waals surface area contributed by atoms with Crippen molar-refractivity contribution in [3.63, 3.8) is 0 Å². The van der Waals surface area contributed by atoms with Gasteiger partial charge in [-0.25, -0.2) is 0 Å². The van der Waals surface area contributed by atoms with Crippen LogP contribution < -0.4 is 5.73 Å². The predicted molar refractivity (Wildman–Crippen MR) is 67.1 cm³/mol. The number of nitrogens with two attached hydrogens (primary N) is 1. The molecule has 0 aliphatic heterocycles. The smallest absolute Gasteiger partial charge is 0.106 e. The van der Waals surface area contributed by atoms with Gasteiger partial charge in [-0.05, 0) is 11.6 Å². The molecule has 1 rings (SSSR count). The summed E-state index contributed by atoms with van der Waals surface area (Å²) in [7, 11) is 0. The number of thiocarbonyl (C=S) groups is 1. The minimum absolute atomic E-state index is 0.193. The zero-order valence-electron chi connectivity index (χ0n) is 8.00. The second-order valence-electron chi connectivity index (χ2n) is 3.18. The van der Waals surface area contributed by atoms with Crippen molar-refractivity contribution in [2.45, 2.75) is 12.2 Å². The molecule has 0 saturated heterocycles. The topological polar surface area (TPSA) is 66.5 Å². The Hall–Kier alpha value is -0.620. The van der Waals surface area contributed by atoms with Crippen molar-refractivity contribution in [1.29, 1.82) is 0 Å². The molecule has 0 heterocycles. The highest BCUT2D eigenvalue weighted by Crippen LogP contribution is 2.18. The minimum atomic E-state index is -0.961. The highest BCUT2D eigenvalue weighted by atomic mass is 32.1. The van der Waals surface area contributed by atoms with Crippen LogP contribution in [0.25, 0.3) is 0 Å². The first-order valence-electron chi connectivity index (χ1n) is 4.43. The first-order chi connectivity index (χ1) is 7.06. The molecule has 0 fully saturated rings. The van der Waals surface area contributed by atoms with E-state index in [2.05, 4.69) is 12.6 Å². The summed E-state index contributed by atoms with van der Waals surface area (Å²) in [6.07, 6.45) is -1.85. The van der Waals surface area contributed by atoms with Gasteiger partial charge in [-0.3, -0.25) is 0 Å². The van der Waals surface area contributed by atoms with Crippen LogP contribution in [-0.2, 0) is 0 Å². The van der Waals surface area contributed by atoms with Gasteiger partial charge in [0.05, 0.1) is 6.10 Å². The molecule has 0 aliphatic carbocycles. The zero-order valence-corrected chi connectivity index (χ0v) is 9.71. The van der Waals surface area contributed by atoms with Gasteiger partial charge in [-0.15, -0.1) is 0 Å². The van der Waals surface area contributed by atoms with Crippen LogP contribution >= 0.6 is 24.8 Å². The lowest BCUT2D eigenvalue weighted by molar-refractivity contribution is 0.0337. The number of benzene rings is 1. The van der Waals surface area contributed by atoms with Gasteiger partial charge in [0.2, 0.25) is 0 Å². The number of thiol groups is 1. The van der Waals surface area contributed by atoms with Gasteiger partial charge in [-0.2, -0.15) is 12.6 Å². The van der Waals surface area contributed by atoms with Crippen LogP contribution in [0, 0.1) is 0 Å². The summed E-state index contributed by atoms with van der Waals surface area (Å²) in [5.41, 5.74) is 6.72. The lowest BCUT2D eigenvalue weighted by atomic mass is 10.0. The molecule has 0 bridgehead atoms. The van der Waals surface area contributed by atoms with Gasteiger partial charge < -0.3 is 15.9 Å². The summed E-state index contributed by atoms with van der Waals surface area (Å²) < 4.78 is 0. The van der Waals surface area contributed by atoms with Gasteiger partial charge in [0.1, 0.15) is 11.1 Å². The van der Waals surface area contributed by atoms with Crippen molar-refractivity contribution >= 4 is 29.8 Å². The van der Waals surface area contributed by atoms with Crippen molar-refractivity contribution in [1.82, 2.24) is 0 Å². The SMILES string of the molecule is NC(=S)c1cccc(C(O)C(O)CS)c1. The fourth-order valence-corrected chi connectivity index (χ4v) is 1.52. The van der Waals surface area contributed by atoms with Gasteiger partial charge in [0, 0.05) is 11.3 Å². The molecule has 1 aromatic carbocycles. The third-order valence-corrected chi connectivity index (χ3v) is 2.67. The fraction of sp³-hybridized carbons (Fsp3) is 0.300. The Labute approximate surface area is 99.3 Å². The van der Waals surface area contributed by atoms with E-state index in [4.69, 9.17) is 18.0 Å². The average Bonchev–Trinajstić information content (AvgIpc) is 2.27. The Balaban J connectivity index is 2.94. The number of aliphatic hydroxyl groups is 2. The van der Waals surface area contributed by atoms with E-state index >= 15 is 0 Å². The molecule has 0 aromatic heterocycles. The maximum atomic E-state index is 9.71. The quantitative estimate of drug-likeness (QED) is 0.463. The molecule has 0 radical (unpaired) electrons. The van der Waals surface area contributed by atoms with E-state index in [1.807, 2.05) is 0 Å². The molecular formula is C10H13NO2S2. The fourth-order valence-electron chi connectivity index (χ4n) is 1.20. The molecule has 5 heteroatoms. The first-order valence-corrected chi connectivity index (χ1v) is 5.47. The Morgan fingerprint density at radius 3 is 2.67 bits per heavy atom. The Morgan fingerprint density at radius 2 is 2.13 bits per heavy atom. The van der Waals surface area contributed by atoms with Crippen LogP contribution in [0.1, 0.15) is 17.2 Å². The first kappa shape index (κ1) is 12.4. The van der Waals surface area contributed by atoms with E-state index in [0.717, 1.165) is 0 Å². The zero-order chi connectivity index (χ0) is 11.4. The summed E-state index contributed by atoms with van der Waals surface area (Å²) in [6, 6.07) is 6.86. The van der Waals surface area contributed by atoms with Gasteiger partial charge in [-0.1, -0.05) is 30.4 Å². The number of hydrogen-bond donors (Lipinski definition) is 4. The highest BCUT2D eigenvalue weighted by molar-refractivity contribution is 7.80. The van der Waals surface area contributed by atoms with Crippen molar-refractivity contribution in [3.05, 3.63) is 35.4 Å². The normalized spacial score (nSPS) is 14.6. The minimum Gasteiger partial charge on any atom is -0.389 e. The molecule has 1 aromatic rings. The maximum Gasteiger partial charge on any atom is 0.106 e. The van der Waals surface area contributed by atoms with E-state index in [1.54, 1.807) is 24.3 Å². The molecule has 15 heavy (non-hydrogen) atoms. The van der Waals surface area contributed by atoms with E-state index in [9.17, 15) is 10.2 Å². The molecular weight excluding hydrogens is 230 g/mol. The molecule has 0 amide bonds. The summed E-state index contributed by atoms with van der Waals surface area (Å²) in [6.45, 7) is 0. The number of aliphatic hydroxyl groups excluding tert-OH is 2. The molecule has 3 nitrogen and oxygen atoms in total. The molecule has 82 valence electrons. The lowest BCUT2D eigenvalue weighted by Crippen LogP contribution is -2.20. The summed E-state index contributed by atoms with van der Waals surface area (Å²) in [5.74, 6) is 0.193. The third kappa shape index (κ3) is 3.17. The lowest BCUT2D eigenvalue weighted by Gasteiger charge is -2.16. The molecule has 0 spiro atoms. The van der Waals surface area contributed by atoms with E-state index < -0.39 is 12.2 Å². The van der Waals surface area contributed by atoms with Crippen LogP contribution in [0.2, 0.25) is 0 Å². The number of rotatable bonds is 4. The van der Waals surface area contributed by atoms with Crippen LogP contribution in [0.15, 0.2) is 24.3 Å². The molecule has 4 N–H and O–H groups in total. The summed E-state index contributed by atoms with van der Waals surface area (Å²) >= 11 is 8.73. The number of hydrogen-bond acceptors (Lipinski definition) is 4. The second kappa shape index (κ2) is 5.46. The van der Waals surface area contributed by atoms with E-state index in [-0.39, 0.29) is 10.7 Å². The largest absolute Gasteiger partial charge is 0.389 e. The Kier molecular flexibility index (Phi) is 4.53. The Morgan fingerprint density at radius 1 is 1.47 bits per heavy atom. The van der Waals surface area contributed by atoms with E-state index in [0.29, 0.717) is 11.1 Å². The van der Waals surface area contributed by atoms with Crippen LogP contribution in [0.5, 0.6) is 0 Å². The summed E-state index contributed by atoms with van der Waals surface area (Å²) in [5, 5.41) is 19.1. The van der Waals surface area contributed by atoms with Crippen LogP contribution in [-0.4, -0.2) is 27.1 Å². The highest BCUT2D eigenvalue weighted by Gasteiger charge is 2.16. The second-order valence-corrected chi connectivity index (χ2v) is 3.99. The van der Waals surface area contributed by atoms with Crippen molar-refractivity contribution in [2.75, 3.05) is 5.75 Å². The molecule has 0 aliphatic rings. The van der Waals surface area contributed by atoms with Gasteiger partial charge >= 0.3 is 0 Å². The third-order valence-electron chi connectivity index (χ3n) is 2.06. The van der Waals surface area contributed by atoms with Crippen molar-refractivity contribution < 1.29 is 10.2 Å². The average molecular weight is 243 g/mol. The molecule has 2 unspecified atom stereocenters. The predicted octanol–water partition coefficient (Wildman–Crippen LogP) is 0.645. The van der Waals surface area contributed by atoms with E-state index in [1.165, 1.54) is 0 Å². The summed E-state index contributed by atoms with van der Waals surface area (Å²) in [4.78, 5) is 0.268. The Bertz CT molecular complexity index is 357. The van der Waals surface area contributed by atoms with Crippen LogP contribution in [0.3, 0.4) is 0 Å².